The first-order valence-electron chi connectivity index (χ1n) is 5.62. The highest BCUT2D eigenvalue weighted by Crippen LogP contribution is 2.53. The van der Waals surface area contributed by atoms with E-state index in [1.807, 2.05) is 0 Å². The molecule has 0 bridgehead atoms. The van der Waals surface area contributed by atoms with Gasteiger partial charge in [-0.25, -0.2) is 0 Å². The minimum atomic E-state index is -6.45. The van der Waals surface area contributed by atoms with Crippen molar-refractivity contribution in [1.29, 1.82) is 0 Å². The van der Waals surface area contributed by atoms with Gasteiger partial charge in [-0.1, -0.05) is 41.9 Å². The van der Waals surface area contributed by atoms with Crippen LogP contribution in [0.1, 0.15) is 5.69 Å². The lowest BCUT2D eigenvalue weighted by Crippen LogP contribution is -2.50. The van der Waals surface area contributed by atoms with Crippen LogP contribution in [0.15, 0.2) is 30.3 Å². The summed E-state index contributed by atoms with van der Waals surface area (Å²) < 4.78 is 89.7. The van der Waals surface area contributed by atoms with Crippen LogP contribution in [-0.2, 0) is 5.92 Å². The molecule has 10 heteroatoms. The van der Waals surface area contributed by atoms with Gasteiger partial charge in [0.1, 0.15) is 11.4 Å². The van der Waals surface area contributed by atoms with Crippen LogP contribution in [0, 0.1) is 0 Å². The highest BCUT2D eigenvalue weighted by molar-refractivity contribution is 6.33. The van der Waals surface area contributed by atoms with E-state index >= 15 is 0 Å². The van der Waals surface area contributed by atoms with Crippen LogP contribution in [-0.4, -0.2) is 22.3 Å². The molecule has 2 aromatic rings. The summed E-state index contributed by atoms with van der Waals surface area (Å²) in [6.45, 7) is 0. The Hall–Kier alpha value is -1.77. The van der Waals surface area contributed by atoms with Gasteiger partial charge in [0.05, 0.1) is 5.02 Å². The molecule has 120 valence electrons. The van der Waals surface area contributed by atoms with E-state index in [2.05, 4.69) is 5.10 Å². The molecule has 0 spiro atoms. The van der Waals surface area contributed by atoms with Gasteiger partial charge in [-0.3, -0.25) is 5.10 Å². The molecule has 2 nitrogen and oxygen atoms in total. The topological polar surface area (TPSA) is 28.7 Å². The number of halogens is 8. The summed E-state index contributed by atoms with van der Waals surface area (Å²) in [7, 11) is 0. The van der Waals surface area contributed by atoms with E-state index in [0.717, 1.165) is 0 Å². The van der Waals surface area contributed by atoms with Gasteiger partial charge in [0.25, 0.3) is 0 Å². The number of nitrogens with one attached hydrogen (secondary N) is 1. The van der Waals surface area contributed by atoms with Crippen LogP contribution in [0.3, 0.4) is 0 Å². The summed E-state index contributed by atoms with van der Waals surface area (Å²) in [5.74, 6) is -11.9. The molecular formula is C12H6ClF7N2. The number of alkyl halides is 7. The molecule has 0 saturated heterocycles. The molecule has 0 aliphatic rings. The number of nitrogens with zero attached hydrogens (tertiary/aromatic N) is 1. The number of hydrogen-bond donors (Lipinski definition) is 1. The molecule has 0 atom stereocenters. The maximum atomic E-state index is 13.6. The molecule has 0 radical (unpaired) electrons. The zero-order valence-corrected chi connectivity index (χ0v) is 11.1. The minimum absolute atomic E-state index is 0.182. The summed E-state index contributed by atoms with van der Waals surface area (Å²) in [6, 6.07) is 7.32. The summed E-state index contributed by atoms with van der Waals surface area (Å²) in [5.41, 5.74) is -1.97. The van der Waals surface area contributed by atoms with Crippen molar-refractivity contribution in [2.24, 2.45) is 0 Å². The number of aromatic amines is 1. The Morgan fingerprint density at radius 1 is 0.909 bits per heavy atom. The van der Waals surface area contributed by atoms with Crippen molar-refractivity contribution in [1.82, 2.24) is 10.2 Å². The third-order valence-corrected chi connectivity index (χ3v) is 3.19. The summed E-state index contributed by atoms with van der Waals surface area (Å²) in [5, 5.41) is 3.79. The third-order valence-electron chi connectivity index (χ3n) is 2.82. The SMILES string of the molecule is FC(F)(F)C(F)(F)C(F)(F)c1[nH]nc(-c2ccccc2)c1Cl. The van der Waals surface area contributed by atoms with Crippen molar-refractivity contribution in [3.63, 3.8) is 0 Å². The first-order chi connectivity index (χ1) is 10.00. The van der Waals surface area contributed by atoms with Crippen LogP contribution in [0.4, 0.5) is 30.7 Å². The summed E-state index contributed by atoms with van der Waals surface area (Å²) >= 11 is 5.53. The Bertz CT molecular complexity index is 664. The Labute approximate surface area is 123 Å². The van der Waals surface area contributed by atoms with Gasteiger partial charge in [0, 0.05) is 5.56 Å². The van der Waals surface area contributed by atoms with E-state index in [9.17, 15) is 30.7 Å². The molecule has 0 amide bonds. The number of benzene rings is 1. The quantitative estimate of drug-likeness (QED) is 0.777. The number of hydrogen-bond acceptors (Lipinski definition) is 1. The molecular weight excluding hydrogens is 341 g/mol. The van der Waals surface area contributed by atoms with Gasteiger partial charge in [-0.05, 0) is 0 Å². The van der Waals surface area contributed by atoms with Crippen LogP contribution >= 0.6 is 11.6 Å². The monoisotopic (exact) mass is 346 g/mol. The first-order valence-corrected chi connectivity index (χ1v) is 6.00. The second-order valence-electron chi connectivity index (χ2n) is 4.27. The lowest BCUT2D eigenvalue weighted by molar-refractivity contribution is -0.360. The van der Waals surface area contributed by atoms with Gasteiger partial charge in [0.2, 0.25) is 0 Å². The molecule has 0 fully saturated rings. The average molecular weight is 347 g/mol. The van der Waals surface area contributed by atoms with Crippen molar-refractivity contribution >= 4 is 11.6 Å². The Morgan fingerprint density at radius 2 is 1.45 bits per heavy atom. The van der Waals surface area contributed by atoms with Crippen LogP contribution in [0.25, 0.3) is 11.3 Å². The van der Waals surface area contributed by atoms with Gasteiger partial charge in [0.15, 0.2) is 0 Å². The summed E-state index contributed by atoms with van der Waals surface area (Å²) in [4.78, 5) is 0. The third kappa shape index (κ3) is 2.43. The summed E-state index contributed by atoms with van der Waals surface area (Å²) in [6.07, 6.45) is -6.45. The second-order valence-corrected chi connectivity index (χ2v) is 4.65. The fourth-order valence-electron chi connectivity index (χ4n) is 1.66. The van der Waals surface area contributed by atoms with Crippen LogP contribution in [0.5, 0.6) is 0 Å². The smallest absolute Gasteiger partial charge is 0.274 e. The van der Waals surface area contributed by atoms with Gasteiger partial charge in [-0.15, -0.1) is 0 Å². The van der Waals surface area contributed by atoms with E-state index in [-0.39, 0.29) is 11.3 Å². The Kier molecular flexibility index (Phi) is 3.88. The predicted molar refractivity (Wildman–Crippen MR) is 63.9 cm³/mol. The van der Waals surface area contributed by atoms with E-state index in [0.29, 0.717) is 0 Å². The molecule has 0 aliphatic heterocycles. The lowest BCUT2D eigenvalue weighted by Gasteiger charge is -2.27. The fraction of sp³-hybridized carbons (Fsp3) is 0.250. The molecule has 0 unspecified atom stereocenters. The van der Waals surface area contributed by atoms with Gasteiger partial charge >= 0.3 is 18.0 Å². The predicted octanol–water partition coefficient (Wildman–Crippen LogP) is 5.02. The maximum absolute atomic E-state index is 13.6. The average Bonchev–Trinajstić information content (AvgIpc) is 2.80. The molecule has 0 aliphatic carbocycles. The zero-order valence-electron chi connectivity index (χ0n) is 10.4. The van der Waals surface area contributed by atoms with Crippen molar-refractivity contribution < 1.29 is 30.7 Å². The van der Waals surface area contributed by atoms with Crippen molar-refractivity contribution in [2.45, 2.75) is 18.0 Å². The maximum Gasteiger partial charge on any atom is 0.460 e. The molecule has 1 aromatic heterocycles. The number of aromatic nitrogens is 2. The second kappa shape index (κ2) is 5.15. The van der Waals surface area contributed by atoms with Gasteiger partial charge in [-0.2, -0.15) is 35.8 Å². The molecule has 0 saturated carbocycles. The van der Waals surface area contributed by atoms with Crippen molar-refractivity contribution in [3.05, 3.63) is 41.0 Å². The van der Waals surface area contributed by atoms with E-state index < -0.39 is 28.7 Å². The first kappa shape index (κ1) is 16.6. The molecule has 1 aromatic carbocycles. The van der Waals surface area contributed by atoms with Crippen molar-refractivity contribution in [3.8, 4) is 11.3 Å². The highest BCUT2D eigenvalue weighted by atomic mass is 35.5. The van der Waals surface area contributed by atoms with Crippen LogP contribution < -0.4 is 0 Å². The normalized spacial score (nSPS) is 13.5. The van der Waals surface area contributed by atoms with Gasteiger partial charge < -0.3 is 0 Å². The number of H-pyrrole nitrogens is 1. The number of rotatable bonds is 3. The highest BCUT2D eigenvalue weighted by Gasteiger charge is 2.74. The van der Waals surface area contributed by atoms with Crippen molar-refractivity contribution in [2.75, 3.05) is 0 Å². The van der Waals surface area contributed by atoms with E-state index in [4.69, 9.17) is 11.6 Å². The minimum Gasteiger partial charge on any atom is -0.274 e. The van der Waals surface area contributed by atoms with Crippen LogP contribution in [0.2, 0.25) is 5.02 Å². The van der Waals surface area contributed by atoms with E-state index in [1.54, 1.807) is 6.07 Å². The van der Waals surface area contributed by atoms with E-state index in [1.165, 1.54) is 29.4 Å². The fourth-order valence-corrected chi connectivity index (χ4v) is 1.97. The molecule has 2 rings (SSSR count). The lowest BCUT2D eigenvalue weighted by atomic mass is 10.1. The molecule has 1 N–H and O–H groups in total. The Morgan fingerprint density at radius 3 is 1.95 bits per heavy atom. The Balaban J connectivity index is 2.53. The zero-order chi connectivity index (χ0) is 16.8. The molecule has 22 heavy (non-hydrogen) atoms. The molecule has 1 heterocycles. The standard InChI is InChI=1S/C12H6ClF7N2/c13-7-8(6-4-2-1-3-5-6)21-22-9(7)10(14,15)11(16,17)12(18,19)20/h1-5H,(H,21,22). The largest absolute Gasteiger partial charge is 0.460 e.